The first-order valence-electron chi connectivity index (χ1n) is 11.3. The highest BCUT2D eigenvalue weighted by molar-refractivity contribution is 7.23. The topological polar surface area (TPSA) is 68.0 Å². The lowest BCUT2D eigenvalue weighted by atomic mass is 10.2. The van der Waals surface area contributed by atoms with Crippen molar-refractivity contribution in [1.29, 1.82) is 0 Å². The van der Waals surface area contributed by atoms with E-state index in [9.17, 15) is 4.79 Å². The summed E-state index contributed by atoms with van der Waals surface area (Å²) in [6, 6.07) is 10.9. The van der Waals surface area contributed by atoms with Crippen molar-refractivity contribution in [2.75, 3.05) is 44.8 Å². The molecular weight excluding hydrogens is 474 g/mol. The average molecular weight is 502 g/mol. The second kappa shape index (κ2) is 10.6. The van der Waals surface area contributed by atoms with E-state index >= 15 is 0 Å². The maximum absolute atomic E-state index is 13.8. The average Bonchev–Trinajstić information content (AvgIpc) is 3.48. The lowest BCUT2D eigenvalue weighted by Gasteiger charge is -2.24. The van der Waals surface area contributed by atoms with Gasteiger partial charge in [0.1, 0.15) is 11.3 Å². The predicted molar refractivity (Wildman–Crippen MR) is 138 cm³/mol. The highest BCUT2D eigenvalue weighted by Crippen LogP contribution is 2.39. The van der Waals surface area contributed by atoms with Crippen molar-refractivity contribution in [2.24, 2.45) is 0 Å². The van der Waals surface area contributed by atoms with Crippen molar-refractivity contribution < 1.29 is 18.7 Å². The van der Waals surface area contributed by atoms with E-state index in [0.717, 1.165) is 23.2 Å². The molecule has 2 aromatic heterocycles. The van der Waals surface area contributed by atoms with Gasteiger partial charge in [-0.1, -0.05) is 48.9 Å². The van der Waals surface area contributed by atoms with Gasteiger partial charge in [0, 0.05) is 18.5 Å². The number of nitrogens with zero attached hydrogens (tertiary/aromatic N) is 3. The van der Waals surface area contributed by atoms with Crippen LogP contribution in [0.25, 0.3) is 21.2 Å². The SMILES string of the molecule is CCOc1cccc2cc(C(=O)N(CCN(CC)CC)c3nc4c(OC)ccc(Cl)c4s3)oc12. The van der Waals surface area contributed by atoms with E-state index in [4.69, 9.17) is 30.5 Å². The Morgan fingerprint density at radius 3 is 2.62 bits per heavy atom. The van der Waals surface area contributed by atoms with E-state index in [1.54, 1.807) is 30.2 Å². The molecule has 2 heterocycles. The molecule has 0 aliphatic rings. The first-order chi connectivity index (χ1) is 16.5. The normalized spacial score (nSPS) is 11.5. The highest BCUT2D eigenvalue weighted by Gasteiger charge is 2.26. The Bertz CT molecular complexity index is 1300. The molecule has 0 saturated heterocycles. The number of carbonyl (C=O) groups is 1. The number of ether oxygens (including phenoxy) is 2. The summed E-state index contributed by atoms with van der Waals surface area (Å²) < 4.78 is 17.9. The molecule has 4 rings (SSSR count). The Balaban J connectivity index is 1.77. The number of aromatic nitrogens is 1. The van der Waals surface area contributed by atoms with Gasteiger partial charge >= 0.3 is 0 Å². The number of hydrogen-bond acceptors (Lipinski definition) is 7. The van der Waals surface area contributed by atoms with Gasteiger partial charge in [0.05, 0.1) is 23.4 Å². The fourth-order valence-corrected chi connectivity index (χ4v) is 5.11. The summed E-state index contributed by atoms with van der Waals surface area (Å²) in [5.74, 6) is 1.20. The van der Waals surface area contributed by atoms with Gasteiger partial charge < -0.3 is 18.8 Å². The van der Waals surface area contributed by atoms with Crippen LogP contribution in [-0.4, -0.2) is 55.7 Å². The zero-order chi connectivity index (χ0) is 24.2. The van der Waals surface area contributed by atoms with Crippen LogP contribution in [0.4, 0.5) is 5.13 Å². The first kappa shape index (κ1) is 24.3. The number of fused-ring (bicyclic) bond motifs is 2. The minimum Gasteiger partial charge on any atom is -0.494 e. The number of rotatable bonds is 10. The second-order valence-corrected chi connectivity index (χ2v) is 9.01. The van der Waals surface area contributed by atoms with Gasteiger partial charge in [-0.05, 0) is 44.3 Å². The summed E-state index contributed by atoms with van der Waals surface area (Å²) in [5, 5.41) is 1.93. The van der Waals surface area contributed by atoms with Crippen LogP contribution < -0.4 is 14.4 Å². The summed E-state index contributed by atoms with van der Waals surface area (Å²) in [7, 11) is 1.59. The number of para-hydroxylation sites is 1. The molecule has 0 radical (unpaired) electrons. The van der Waals surface area contributed by atoms with Crippen molar-refractivity contribution in [2.45, 2.75) is 20.8 Å². The van der Waals surface area contributed by atoms with Gasteiger partial charge in [0.15, 0.2) is 22.2 Å². The lowest BCUT2D eigenvalue weighted by molar-refractivity contribution is 0.0959. The molecule has 0 unspecified atom stereocenters. The third-order valence-electron chi connectivity index (χ3n) is 5.70. The standard InChI is InChI=1S/C25H28ClN3O4S/c1-5-28(6-2)13-14-29(25-27-21-18(31-4)12-11-17(26)23(21)34-25)24(30)20-15-16-9-8-10-19(32-7-3)22(16)33-20/h8-12,15H,5-7,13-14H2,1-4H3. The van der Waals surface area contributed by atoms with Crippen LogP contribution in [-0.2, 0) is 0 Å². The number of anilines is 1. The fourth-order valence-electron chi connectivity index (χ4n) is 3.83. The molecule has 0 atom stereocenters. The monoisotopic (exact) mass is 501 g/mol. The van der Waals surface area contributed by atoms with Crippen molar-refractivity contribution >= 4 is 55.2 Å². The summed E-state index contributed by atoms with van der Waals surface area (Å²) in [5.41, 5.74) is 1.20. The van der Waals surface area contributed by atoms with Gasteiger partial charge in [0.2, 0.25) is 0 Å². The zero-order valence-corrected chi connectivity index (χ0v) is 21.3. The maximum Gasteiger partial charge on any atom is 0.295 e. The Kier molecular flexibility index (Phi) is 7.60. The van der Waals surface area contributed by atoms with E-state index in [2.05, 4.69) is 18.7 Å². The fraction of sp³-hybridized carbons (Fsp3) is 0.360. The van der Waals surface area contributed by atoms with Crippen molar-refractivity contribution in [3.63, 3.8) is 0 Å². The lowest BCUT2D eigenvalue weighted by Crippen LogP contribution is -2.38. The molecular formula is C25H28ClN3O4S. The van der Waals surface area contributed by atoms with Crippen LogP contribution >= 0.6 is 22.9 Å². The molecule has 2 aromatic carbocycles. The van der Waals surface area contributed by atoms with Crippen molar-refractivity contribution in [3.05, 3.63) is 47.2 Å². The molecule has 0 spiro atoms. The molecule has 180 valence electrons. The molecule has 4 aromatic rings. The molecule has 0 fully saturated rings. The third-order valence-corrected chi connectivity index (χ3v) is 7.23. The minimum atomic E-state index is -0.264. The van der Waals surface area contributed by atoms with E-state index in [1.807, 2.05) is 25.1 Å². The molecule has 7 nitrogen and oxygen atoms in total. The first-order valence-corrected chi connectivity index (χ1v) is 12.5. The number of halogens is 1. The number of hydrogen-bond donors (Lipinski definition) is 0. The number of benzene rings is 2. The maximum atomic E-state index is 13.8. The molecule has 0 aliphatic heterocycles. The molecule has 0 saturated carbocycles. The van der Waals surface area contributed by atoms with Crippen LogP contribution in [0.5, 0.6) is 11.5 Å². The van der Waals surface area contributed by atoms with Crippen molar-refractivity contribution in [3.8, 4) is 11.5 Å². The van der Waals surface area contributed by atoms with Crippen LogP contribution in [0.1, 0.15) is 31.3 Å². The predicted octanol–water partition coefficient (Wildman–Crippen LogP) is 6.09. The van der Waals surface area contributed by atoms with Gasteiger partial charge in [-0.3, -0.25) is 9.69 Å². The Morgan fingerprint density at radius 2 is 1.91 bits per heavy atom. The second-order valence-electron chi connectivity index (χ2n) is 7.63. The molecule has 1 amide bonds. The minimum absolute atomic E-state index is 0.235. The summed E-state index contributed by atoms with van der Waals surface area (Å²) in [4.78, 5) is 22.4. The van der Waals surface area contributed by atoms with Gasteiger partial charge in [-0.2, -0.15) is 0 Å². The van der Waals surface area contributed by atoms with Crippen LogP contribution in [0, 0.1) is 0 Å². The van der Waals surface area contributed by atoms with E-state index in [0.29, 0.717) is 52.4 Å². The van der Waals surface area contributed by atoms with E-state index < -0.39 is 0 Å². The number of amides is 1. The largest absolute Gasteiger partial charge is 0.494 e. The molecule has 0 bridgehead atoms. The molecule has 0 aliphatic carbocycles. The van der Waals surface area contributed by atoms with Crippen LogP contribution in [0.15, 0.2) is 40.8 Å². The Labute approximate surface area is 207 Å². The summed E-state index contributed by atoms with van der Waals surface area (Å²) in [6.45, 7) is 9.56. The van der Waals surface area contributed by atoms with Gasteiger partial charge in [-0.25, -0.2) is 4.98 Å². The number of furan rings is 1. The number of methoxy groups -OCH3 is 1. The number of carbonyl (C=O) groups excluding carboxylic acids is 1. The Morgan fingerprint density at radius 1 is 1.12 bits per heavy atom. The van der Waals surface area contributed by atoms with E-state index in [1.165, 1.54) is 11.3 Å². The van der Waals surface area contributed by atoms with Crippen LogP contribution in [0.2, 0.25) is 5.02 Å². The quantitative estimate of drug-likeness (QED) is 0.262. The zero-order valence-electron chi connectivity index (χ0n) is 19.8. The number of likely N-dealkylation sites (N-methyl/N-ethyl adjacent to an activating group) is 1. The third kappa shape index (κ3) is 4.71. The number of thiazole rings is 1. The van der Waals surface area contributed by atoms with Gasteiger partial charge in [-0.15, -0.1) is 0 Å². The molecule has 34 heavy (non-hydrogen) atoms. The summed E-state index contributed by atoms with van der Waals surface area (Å²) >= 11 is 7.81. The van der Waals surface area contributed by atoms with Gasteiger partial charge in [0.25, 0.3) is 5.91 Å². The molecule has 0 N–H and O–H groups in total. The smallest absolute Gasteiger partial charge is 0.295 e. The highest BCUT2D eigenvalue weighted by atomic mass is 35.5. The van der Waals surface area contributed by atoms with Crippen molar-refractivity contribution in [1.82, 2.24) is 9.88 Å². The van der Waals surface area contributed by atoms with Crippen LogP contribution in [0.3, 0.4) is 0 Å². The Hall–Kier alpha value is -2.81. The summed E-state index contributed by atoms with van der Waals surface area (Å²) in [6.07, 6.45) is 0. The van der Waals surface area contributed by atoms with E-state index in [-0.39, 0.29) is 11.7 Å². The molecule has 9 heteroatoms.